The molecule has 1 aliphatic heterocycles. The van der Waals surface area contributed by atoms with E-state index in [1.807, 2.05) is 18.5 Å². The topological polar surface area (TPSA) is 45.2 Å². The number of nitrogens with one attached hydrogen (secondary N) is 1. The SMILES string of the molecule is O=C(CSCC1CC1)N[C@H]1CCCN(Cc2cccnc2)C1. The molecule has 0 radical (unpaired) electrons. The van der Waals surface area contributed by atoms with Crippen LogP contribution < -0.4 is 5.32 Å². The smallest absolute Gasteiger partial charge is 0.230 e. The lowest BCUT2D eigenvalue weighted by molar-refractivity contribution is -0.119. The van der Waals surface area contributed by atoms with Gasteiger partial charge in [-0.2, -0.15) is 11.8 Å². The van der Waals surface area contributed by atoms with Crippen LogP contribution in [0.2, 0.25) is 0 Å². The van der Waals surface area contributed by atoms with E-state index >= 15 is 0 Å². The Morgan fingerprint density at radius 1 is 1.41 bits per heavy atom. The normalized spacial score (nSPS) is 22.5. The molecule has 2 fully saturated rings. The van der Waals surface area contributed by atoms with Crippen molar-refractivity contribution in [1.82, 2.24) is 15.2 Å². The molecule has 1 saturated heterocycles. The summed E-state index contributed by atoms with van der Waals surface area (Å²) >= 11 is 1.79. The first-order chi connectivity index (χ1) is 10.8. The Bertz CT molecular complexity index is 478. The molecule has 120 valence electrons. The van der Waals surface area contributed by atoms with Crippen LogP contribution in [0.5, 0.6) is 0 Å². The van der Waals surface area contributed by atoms with Crippen molar-refractivity contribution in [3.63, 3.8) is 0 Å². The largest absolute Gasteiger partial charge is 0.351 e. The molecule has 2 aliphatic rings. The summed E-state index contributed by atoms with van der Waals surface area (Å²) in [6.07, 6.45) is 8.71. The quantitative estimate of drug-likeness (QED) is 0.838. The molecule has 4 nitrogen and oxygen atoms in total. The number of rotatable bonds is 7. The highest BCUT2D eigenvalue weighted by Crippen LogP contribution is 2.32. The molecule has 0 spiro atoms. The van der Waals surface area contributed by atoms with Crippen LogP contribution in [0.4, 0.5) is 0 Å². The Hall–Kier alpha value is -1.07. The molecular formula is C17H25N3OS. The van der Waals surface area contributed by atoms with Gasteiger partial charge in [0.15, 0.2) is 0 Å². The van der Waals surface area contributed by atoms with E-state index in [2.05, 4.69) is 21.3 Å². The summed E-state index contributed by atoms with van der Waals surface area (Å²) in [5.74, 6) is 2.88. The molecule has 0 bridgehead atoms. The van der Waals surface area contributed by atoms with Crippen molar-refractivity contribution in [2.24, 2.45) is 5.92 Å². The lowest BCUT2D eigenvalue weighted by Gasteiger charge is -2.33. The number of thioether (sulfide) groups is 1. The molecule has 0 aromatic carbocycles. The van der Waals surface area contributed by atoms with Crippen LogP contribution in [0.3, 0.4) is 0 Å². The Labute approximate surface area is 137 Å². The van der Waals surface area contributed by atoms with Crippen molar-refractivity contribution in [2.45, 2.75) is 38.3 Å². The van der Waals surface area contributed by atoms with Crippen molar-refractivity contribution in [3.05, 3.63) is 30.1 Å². The van der Waals surface area contributed by atoms with E-state index in [1.54, 1.807) is 11.8 Å². The highest BCUT2D eigenvalue weighted by atomic mass is 32.2. The summed E-state index contributed by atoms with van der Waals surface area (Å²) in [6.45, 7) is 2.99. The minimum Gasteiger partial charge on any atom is -0.351 e. The van der Waals surface area contributed by atoms with Gasteiger partial charge in [0, 0.05) is 31.5 Å². The van der Waals surface area contributed by atoms with Crippen molar-refractivity contribution >= 4 is 17.7 Å². The van der Waals surface area contributed by atoms with Gasteiger partial charge in [0.05, 0.1) is 5.75 Å². The fraction of sp³-hybridized carbons (Fsp3) is 0.647. The Balaban J connectivity index is 1.38. The maximum atomic E-state index is 12.0. The molecule has 22 heavy (non-hydrogen) atoms. The first-order valence-corrected chi connectivity index (χ1v) is 9.43. The molecule has 1 saturated carbocycles. The predicted octanol–water partition coefficient (Wildman–Crippen LogP) is 2.31. The highest BCUT2D eigenvalue weighted by Gasteiger charge is 2.23. The second-order valence-electron chi connectivity index (χ2n) is 6.46. The summed E-state index contributed by atoms with van der Waals surface area (Å²) in [4.78, 5) is 18.6. The first-order valence-electron chi connectivity index (χ1n) is 8.28. The molecule has 0 unspecified atom stereocenters. The van der Waals surface area contributed by atoms with E-state index in [9.17, 15) is 4.79 Å². The second kappa shape index (κ2) is 7.97. The lowest BCUT2D eigenvalue weighted by atomic mass is 10.1. The number of amides is 1. The zero-order valence-corrected chi connectivity index (χ0v) is 13.9. The molecule has 1 aromatic rings. The summed E-state index contributed by atoms with van der Waals surface area (Å²) in [7, 11) is 0. The lowest BCUT2D eigenvalue weighted by Crippen LogP contribution is -2.47. The highest BCUT2D eigenvalue weighted by molar-refractivity contribution is 7.99. The van der Waals surface area contributed by atoms with Gasteiger partial charge in [0.2, 0.25) is 5.91 Å². The van der Waals surface area contributed by atoms with E-state index < -0.39 is 0 Å². The van der Waals surface area contributed by atoms with Gasteiger partial charge in [-0.1, -0.05) is 6.07 Å². The monoisotopic (exact) mass is 319 g/mol. The van der Waals surface area contributed by atoms with Gasteiger partial charge in [-0.05, 0) is 55.5 Å². The molecule has 1 aliphatic carbocycles. The van der Waals surface area contributed by atoms with Gasteiger partial charge in [0.25, 0.3) is 0 Å². The molecule has 1 atom stereocenters. The van der Waals surface area contributed by atoms with Gasteiger partial charge < -0.3 is 5.32 Å². The maximum absolute atomic E-state index is 12.0. The van der Waals surface area contributed by atoms with E-state index in [-0.39, 0.29) is 5.91 Å². The molecule has 3 rings (SSSR count). The van der Waals surface area contributed by atoms with Gasteiger partial charge in [-0.15, -0.1) is 0 Å². The van der Waals surface area contributed by atoms with E-state index in [1.165, 1.54) is 18.4 Å². The van der Waals surface area contributed by atoms with Crippen molar-refractivity contribution in [2.75, 3.05) is 24.6 Å². The Kier molecular flexibility index (Phi) is 5.73. The molecule has 5 heteroatoms. The Morgan fingerprint density at radius 3 is 3.09 bits per heavy atom. The number of carbonyl (C=O) groups excluding carboxylic acids is 1. The number of pyridine rings is 1. The molecule has 2 heterocycles. The number of likely N-dealkylation sites (tertiary alicyclic amines) is 1. The fourth-order valence-corrected chi connectivity index (χ4v) is 3.99. The van der Waals surface area contributed by atoms with E-state index in [0.29, 0.717) is 11.8 Å². The first kappa shape index (κ1) is 15.8. The van der Waals surface area contributed by atoms with Gasteiger partial charge >= 0.3 is 0 Å². The predicted molar refractivity (Wildman–Crippen MR) is 90.7 cm³/mol. The third kappa shape index (κ3) is 5.29. The number of carbonyl (C=O) groups is 1. The third-order valence-corrected chi connectivity index (χ3v) is 5.46. The summed E-state index contributed by atoms with van der Waals surface area (Å²) < 4.78 is 0. The summed E-state index contributed by atoms with van der Waals surface area (Å²) in [5, 5.41) is 3.21. The molecule has 1 amide bonds. The van der Waals surface area contributed by atoms with Crippen molar-refractivity contribution in [1.29, 1.82) is 0 Å². The van der Waals surface area contributed by atoms with Crippen molar-refractivity contribution < 1.29 is 4.79 Å². The van der Waals surface area contributed by atoms with Crippen LogP contribution in [0.15, 0.2) is 24.5 Å². The van der Waals surface area contributed by atoms with Crippen LogP contribution in [-0.4, -0.2) is 46.4 Å². The van der Waals surface area contributed by atoms with Crippen LogP contribution in [0, 0.1) is 5.92 Å². The zero-order chi connectivity index (χ0) is 15.2. The fourth-order valence-electron chi connectivity index (χ4n) is 2.94. The van der Waals surface area contributed by atoms with Crippen molar-refractivity contribution in [3.8, 4) is 0 Å². The van der Waals surface area contributed by atoms with Gasteiger partial charge in [0.1, 0.15) is 0 Å². The second-order valence-corrected chi connectivity index (χ2v) is 7.49. The van der Waals surface area contributed by atoms with Crippen LogP contribution >= 0.6 is 11.8 Å². The van der Waals surface area contributed by atoms with Crippen LogP contribution in [0.1, 0.15) is 31.2 Å². The average Bonchev–Trinajstić information content (AvgIpc) is 3.33. The summed E-state index contributed by atoms with van der Waals surface area (Å²) in [6, 6.07) is 4.40. The van der Waals surface area contributed by atoms with E-state index in [0.717, 1.165) is 44.1 Å². The minimum absolute atomic E-state index is 0.207. The molecule has 1 N–H and O–H groups in total. The zero-order valence-electron chi connectivity index (χ0n) is 13.0. The van der Waals surface area contributed by atoms with Gasteiger partial charge in [-0.25, -0.2) is 0 Å². The summed E-state index contributed by atoms with van der Waals surface area (Å²) in [5.41, 5.74) is 1.24. The van der Waals surface area contributed by atoms with Crippen LogP contribution in [0.25, 0.3) is 0 Å². The molecular weight excluding hydrogens is 294 g/mol. The van der Waals surface area contributed by atoms with Crippen LogP contribution in [-0.2, 0) is 11.3 Å². The van der Waals surface area contributed by atoms with Gasteiger partial charge in [-0.3, -0.25) is 14.7 Å². The minimum atomic E-state index is 0.207. The van der Waals surface area contributed by atoms with E-state index in [4.69, 9.17) is 0 Å². The number of aromatic nitrogens is 1. The number of hydrogen-bond acceptors (Lipinski definition) is 4. The average molecular weight is 319 g/mol. The Morgan fingerprint density at radius 2 is 2.32 bits per heavy atom. The number of nitrogens with zero attached hydrogens (tertiary/aromatic N) is 2. The molecule has 1 aromatic heterocycles. The standard InChI is InChI=1S/C17H25N3OS/c21-17(13-22-12-14-5-6-14)19-16-4-2-8-20(11-16)10-15-3-1-7-18-9-15/h1,3,7,9,14,16H,2,4-6,8,10-13H2,(H,19,21)/t16-/m0/s1. The third-order valence-electron chi connectivity index (χ3n) is 4.28. The number of hydrogen-bond donors (Lipinski definition) is 1. The number of piperidine rings is 1. The maximum Gasteiger partial charge on any atom is 0.230 e.